The second kappa shape index (κ2) is 13.1. The minimum atomic E-state index is -2.29. The molecular formula is C41H44N2O10. The Hall–Kier alpha value is -4.56. The van der Waals surface area contributed by atoms with Gasteiger partial charge in [0.05, 0.1) is 36.4 Å². The Bertz CT molecular complexity index is 2010. The third-order valence-electron chi connectivity index (χ3n) is 12.2. The number of aliphatic hydroxyl groups is 6. The molecule has 8 unspecified atom stereocenters. The number of carbonyl (C=O) groups is 2. The molecule has 4 aliphatic carbocycles. The summed E-state index contributed by atoms with van der Waals surface area (Å²) in [5.41, 5.74) is 4.36. The highest BCUT2D eigenvalue weighted by atomic mass is 16.7. The van der Waals surface area contributed by atoms with Crippen LogP contribution in [-0.4, -0.2) is 85.1 Å². The van der Waals surface area contributed by atoms with Gasteiger partial charge in [-0.1, -0.05) is 73.5 Å². The number of aliphatic hydroxyl groups excluding tert-OH is 5. The van der Waals surface area contributed by atoms with Crippen LogP contribution >= 0.6 is 0 Å². The van der Waals surface area contributed by atoms with Crippen LogP contribution < -0.4 is 15.8 Å². The van der Waals surface area contributed by atoms with E-state index in [1.54, 1.807) is 18.2 Å². The first-order valence-electron chi connectivity index (χ1n) is 18.1. The van der Waals surface area contributed by atoms with Crippen LogP contribution in [0.1, 0.15) is 57.5 Å². The molecule has 0 spiro atoms. The Balaban J connectivity index is 1.13. The molecule has 2 aliphatic heterocycles. The zero-order valence-electron chi connectivity index (χ0n) is 29.0. The standard InChI is InChI=1S/C41H44N2O10/c42-31-19-25(10-14-43-31)39(11-1-2-12-39)30-9-13-40(21-45)38(50)41(30,51)36(49)37(53-40)52-29-8-4-7-26-33(29)35(48)32-27(34(26)47)17-24(18-28(32)46)16-22-5-3-6-23(15-22)20-44/h3-10,13,15,17-19,27,30,32,36-38,43-46,49-51H,1-2,11-12,14,16,20-21,42H2. The maximum Gasteiger partial charge on any atom is 0.230 e. The van der Waals surface area contributed by atoms with E-state index in [-0.39, 0.29) is 29.2 Å². The minimum Gasteiger partial charge on any atom is -0.511 e. The number of nitrogens with two attached hydrogens (primary N) is 1. The summed E-state index contributed by atoms with van der Waals surface area (Å²) in [6.07, 6.45) is 8.19. The lowest BCUT2D eigenvalue weighted by Crippen LogP contribution is -2.78. The van der Waals surface area contributed by atoms with E-state index in [2.05, 4.69) is 5.32 Å². The van der Waals surface area contributed by atoms with Gasteiger partial charge >= 0.3 is 0 Å². The summed E-state index contributed by atoms with van der Waals surface area (Å²) in [7, 11) is 0. The molecule has 6 aliphatic rings. The number of carbonyl (C=O) groups excluding carboxylic acids is 2. The number of nitrogens with one attached hydrogen (secondary N) is 1. The van der Waals surface area contributed by atoms with Gasteiger partial charge in [-0.2, -0.15) is 0 Å². The average molecular weight is 725 g/mol. The number of Topliss-reactive ketones (excluding diaryl/α,β-unsaturated/α-hetero) is 2. The summed E-state index contributed by atoms with van der Waals surface area (Å²) >= 11 is 0. The van der Waals surface area contributed by atoms with E-state index >= 15 is 0 Å². The van der Waals surface area contributed by atoms with Crippen molar-refractivity contribution in [1.82, 2.24) is 5.32 Å². The van der Waals surface area contributed by atoms with Crippen molar-refractivity contribution in [2.45, 2.75) is 68.4 Å². The van der Waals surface area contributed by atoms with E-state index < -0.39 is 71.0 Å². The van der Waals surface area contributed by atoms with E-state index in [0.29, 0.717) is 37.2 Å². The van der Waals surface area contributed by atoms with Crippen molar-refractivity contribution < 1.29 is 49.7 Å². The summed E-state index contributed by atoms with van der Waals surface area (Å²) in [5, 5.41) is 71.0. The largest absolute Gasteiger partial charge is 0.511 e. The molecule has 278 valence electrons. The Labute approximate surface area is 306 Å². The Morgan fingerprint density at radius 2 is 1.75 bits per heavy atom. The van der Waals surface area contributed by atoms with Gasteiger partial charge in [-0.3, -0.25) is 9.59 Å². The van der Waals surface area contributed by atoms with Gasteiger partial charge in [0.2, 0.25) is 6.29 Å². The molecule has 53 heavy (non-hydrogen) atoms. The smallest absolute Gasteiger partial charge is 0.230 e. The average Bonchev–Trinajstić information content (AvgIpc) is 3.65. The monoisotopic (exact) mass is 724 g/mol. The minimum absolute atomic E-state index is 0.0624. The third-order valence-corrected chi connectivity index (χ3v) is 12.2. The molecule has 2 fully saturated rings. The molecule has 9 N–H and O–H groups in total. The summed E-state index contributed by atoms with van der Waals surface area (Å²) in [4.78, 5) is 28.3. The maximum absolute atomic E-state index is 14.2. The number of hydrogen-bond donors (Lipinski definition) is 8. The maximum atomic E-state index is 14.2. The molecule has 1 saturated heterocycles. The number of ketones is 2. The zero-order chi connectivity index (χ0) is 37.3. The summed E-state index contributed by atoms with van der Waals surface area (Å²) in [5.74, 6) is -3.95. The quantitative estimate of drug-likeness (QED) is 0.185. The van der Waals surface area contributed by atoms with Crippen molar-refractivity contribution in [2.24, 2.45) is 28.9 Å². The first kappa shape index (κ1) is 35.5. The van der Waals surface area contributed by atoms with Crippen molar-refractivity contribution in [2.75, 3.05) is 13.2 Å². The van der Waals surface area contributed by atoms with Gasteiger partial charge < -0.3 is 51.2 Å². The van der Waals surface area contributed by atoms with Crippen LogP contribution in [0.3, 0.4) is 0 Å². The van der Waals surface area contributed by atoms with Crippen molar-refractivity contribution in [3.8, 4) is 5.75 Å². The third kappa shape index (κ3) is 5.42. The van der Waals surface area contributed by atoms with Gasteiger partial charge in [0, 0.05) is 23.4 Å². The normalized spacial score (nSPS) is 34.2. The van der Waals surface area contributed by atoms with E-state index in [1.807, 2.05) is 30.4 Å². The van der Waals surface area contributed by atoms with E-state index in [9.17, 15) is 40.2 Å². The number of allylic oxidation sites excluding steroid dienone is 6. The lowest BCUT2D eigenvalue weighted by Gasteiger charge is -2.60. The van der Waals surface area contributed by atoms with Gasteiger partial charge in [-0.05, 0) is 59.8 Å². The Morgan fingerprint density at radius 3 is 2.49 bits per heavy atom. The molecule has 2 bridgehead atoms. The summed E-state index contributed by atoms with van der Waals surface area (Å²) in [6.45, 7) is -0.411. The van der Waals surface area contributed by atoms with Crippen molar-refractivity contribution >= 4 is 11.6 Å². The van der Waals surface area contributed by atoms with Crippen LogP contribution in [0, 0.1) is 23.2 Å². The van der Waals surface area contributed by atoms with Gasteiger partial charge in [0.15, 0.2) is 11.6 Å². The highest BCUT2D eigenvalue weighted by molar-refractivity contribution is 6.19. The van der Waals surface area contributed by atoms with Gasteiger partial charge in [-0.15, -0.1) is 0 Å². The molecule has 0 radical (unpaired) electrons. The molecule has 2 heterocycles. The van der Waals surface area contributed by atoms with E-state index in [0.717, 1.165) is 29.5 Å². The van der Waals surface area contributed by atoms with Gasteiger partial charge in [0.1, 0.15) is 34.9 Å². The first-order valence-corrected chi connectivity index (χ1v) is 18.1. The second-order valence-electron chi connectivity index (χ2n) is 15.2. The number of benzene rings is 2. The lowest BCUT2D eigenvalue weighted by molar-refractivity contribution is -0.355. The predicted molar refractivity (Wildman–Crippen MR) is 191 cm³/mol. The van der Waals surface area contributed by atoms with Crippen LogP contribution in [0.25, 0.3) is 0 Å². The molecule has 0 amide bonds. The topological polar surface area (TPSA) is 212 Å². The van der Waals surface area contributed by atoms with Gasteiger partial charge in [0.25, 0.3) is 0 Å². The van der Waals surface area contributed by atoms with E-state index in [1.165, 1.54) is 30.4 Å². The molecule has 2 aromatic rings. The van der Waals surface area contributed by atoms with Crippen LogP contribution in [0.5, 0.6) is 5.75 Å². The van der Waals surface area contributed by atoms with Gasteiger partial charge in [-0.25, -0.2) is 0 Å². The number of hydrogen-bond acceptors (Lipinski definition) is 12. The number of dihydropyridines is 1. The number of fused-ring (bicyclic) bond motifs is 4. The second-order valence-corrected chi connectivity index (χ2v) is 15.2. The highest BCUT2D eigenvalue weighted by Gasteiger charge is 2.70. The summed E-state index contributed by atoms with van der Waals surface area (Å²) in [6, 6.07) is 11.8. The number of ether oxygens (including phenoxy) is 2. The predicted octanol–water partition coefficient (Wildman–Crippen LogP) is 2.41. The molecule has 0 aromatic heterocycles. The summed E-state index contributed by atoms with van der Waals surface area (Å²) < 4.78 is 12.4. The van der Waals surface area contributed by atoms with Crippen molar-refractivity contribution in [3.63, 3.8) is 0 Å². The Kier molecular flexibility index (Phi) is 8.75. The SMILES string of the molecule is NC1=CC(C2(C3C=CC4(CO)OC(Oc5cccc6c5C(=O)C5C(O)=CC(Cc7cccc(CO)c7)=CC5C6=O)C(O)C3(O)C4O)CCCC2)=CCN1. The molecule has 2 aromatic carbocycles. The molecule has 8 rings (SSSR count). The van der Waals surface area contributed by atoms with Crippen LogP contribution in [0.2, 0.25) is 0 Å². The van der Waals surface area contributed by atoms with Crippen LogP contribution in [-0.2, 0) is 17.8 Å². The molecule has 12 nitrogen and oxygen atoms in total. The Morgan fingerprint density at radius 1 is 1.00 bits per heavy atom. The molecule has 8 atom stereocenters. The van der Waals surface area contributed by atoms with Crippen molar-refractivity contribution in [3.05, 3.63) is 124 Å². The fraction of sp³-hybridized carbons (Fsp3) is 0.415. The zero-order valence-corrected chi connectivity index (χ0v) is 29.0. The van der Waals surface area contributed by atoms with Crippen molar-refractivity contribution in [1.29, 1.82) is 0 Å². The fourth-order valence-electron chi connectivity index (χ4n) is 9.69. The van der Waals surface area contributed by atoms with Crippen LogP contribution in [0.15, 0.2) is 102 Å². The number of rotatable bonds is 8. The molecular weight excluding hydrogens is 680 g/mol. The van der Waals surface area contributed by atoms with E-state index in [4.69, 9.17) is 15.2 Å². The molecule has 1 saturated carbocycles. The fourth-order valence-corrected chi connectivity index (χ4v) is 9.69. The molecule has 12 heteroatoms. The first-order chi connectivity index (χ1) is 25.5. The highest BCUT2D eigenvalue weighted by Crippen LogP contribution is 2.60. The lowest BCUT2D eigenvalue weighted by atomic mass is 9.54. The van der Waals surface area contributed by atoms with Crippen LogP contribution in [0.4, 0.5) is 0 Å².